The van der Waals surface area contributed by atoms with Crippen molar-refractivity contribution in [1.82, 2.24) is 10.3 Å². The second-order valence-electron chi connectivity index (χ2n) is 2.65. The Bertz CT molecular complexity index is 333. The summed E-state index contributed by atoms with van der Waals surface area (Å²) >= 11 is 3.25. The lowest BCUT2D eigenvalue weighted by molar-refractivity contribution is 0.0953. The molecule has 4 nitrogen and oxygen atoms in total. The molecule has 0 bridgehead atoms. The molecule has 1 aromatic heterocycles. The quantitative estimate of drug-likeness (QED) is 0.705. The highest BCUT2D eigenvalue weighted by atomic mass is 79.9. The number of aromatic amines is 1. The largest absolute Gasteiger partial charge is 0.356 e. The smallest absolute Gasteiger partial charge is 0.267 e. The summed E-state index contributed by atoms with van der Waals surface area (Å²) in [5, 5.41) is 2.71. The zero-order chi connectivity index (χ0) is 10.4. The molecule has 76 valence electrons. The number of hydrogen-bond acceptors (Lipinski definition) is 2. The van der Waals surface area contributed by atoms with E-state index in [0.717, 1.165) is 4.47 Å². The first-order valence-electron chi connectivity index (χ1n) is 4.21. The molecule has 5 heteroatoms. The molecule has 0 atom stereocenters. The summed E-state index contributed by atoms with van der Waals surface area (Å²) in [6.07, 6.45) is 5.32. The number of H-pyrrole nitrogens is 1. The van der Waals surface area contributed by atoms with Crippen molar-refractivity contribution in [3.8, 4) is 0 Å². The van der Waals surface area contributed by atoms with E-state index in [1.807, 2.05) is 6.08 Å². The normalized spacial score (nSPS) is 10.7. The van der Waals surface area contributed by atoms with Crippen LogP contribution in [0.4, 0.5) is 0 Å². The van der Waals surface area contributed by atoms with E-state index in [4.69, 9.17) is 5.73 Å². The van der Waals surface area contributed by atoms with Crippen LogP contribution >= 0.6 is 15.9 Å². The molecule has 1 heterocycles. The van der Waals surface area contributed by atoms with E-state index in [-0.39, 0.29) is 5.91 Å². The maximum Gasteiger partial charge on any atom is 0.267 e. The molecule has 14 heavy (non-hydrogen) atoms. The third-order valence-corrected chi connectivity index (χ3v) is 2.03. The molecule has 4 N–H and O–H groups in total. The first-order chi connectivity index (χ1) is 6.74. The van der Waals surface area contributed by atoms with Gasteiger partial charge < -0.3 is 16.0 Å². The molecular formula is C9H12BrN3O. The van der Waals surface area contributed by atoms with Crippen LogP contribution in [0, 0.1) is 0 Å². The zero-order valence-corrected chi connectivity index (χ0v) is 9.17. The molecule has 1 rings (SSSR count). The predicted octanol–water partition coefficient (Wildman–Crippen LogP) is 1.02. The van der Waals surface area contributed by atoms with Gasteiger partial charge in [0.25, 0.3) is 5.91 Å². The summed E-state index contributed by atoms with van der Waals surface area (Å²) in [6.45, 7) is 0.983. The first-order valence-corrected chi connectivity index (χ1v) is 5.00. The van der Waals surface area contributed by atoms with Gasteiger partial charge in [0.15, 0.2) is 0 Å². The van der Waals surface area contributed by atoms with Crippen molar-refractivity contribution in [2.75, 3.05) is 13.1 Å². The number of carbonyl (C=O) groups is 1. The monoisotopic (exact) mass is 257 g/mol. The summed E-state index contributed by atoms with van der Waals surface area (Å²) in [5.74, 6) is -0.127. The van der Waals surface area contributed by atoms with Crippen LogP contribution in [0.25, 0.3) is 0 Å². The van der Waals surface area contributed by atoms with E-state index in [0.29, 0.717) is 18.8 Å². The summed E-state index contributed by atoms with van der Waals surface area (Å²) in [6, 6.07) is 1.72. The van der Waals surface area contributed by atoms with Crippen LogP contribution < -0.4 is 11.1 Å². The maximum atomic E-state index is 11.4. The Kier molecular flexibility index (Phi) is 4.42. The molecule has 0 unspecified atom stereocenters. The number of carbonyl (C=O) groups excluding carboxylic acids is 1. The second-order valence-corrected chi connectivity index (χ2v) is 3.56. The number of halogens is 1. The first kappa shape index (κ1) is 11.0. The van der Waals surface area contributed by atoms with Crippen molar-refractivity contribution in [1.29, 1.82) is 0 Å². The highest BCUT2D eigenvalue weighted by Gasteiger charge is 2.05. The van der Waals surface area contributed by atoms with Gasteiger partial charge in [-0.2, -0.15) is 0 Å². The van der Waals surface area contributed by atoms with Crippen LogP contribution in [0.1, 0.15) is 10.5 Å². The van der Waals surface area contributed by atoms with Gasteiger partial charge in [0.2, 0.25) is 0 Å². The van der Waals surface area contributed by atoms with Crippen LogP contribution in [0.15, 0.2) is 28.9 Å². The lowest BCUT2D eigenvalue weighted by Crippen LogP contribution is -2.23. The Labute approximate surface area is 90.7 Å². The third kappa shape index (κ3) is 3.35. The van der Waals surface area contributed by atoms with Gasteiger partial charge in [0, 0.05) is 23.8 Å². The maximum absolute atomic E-state index is 11.4. The highest BCUT2D eigenvalue weighted by molar-refractivity contribution is 9.10. The molecule has 0 fully saturated rings. The van der Waals surface area contributed by atoms with Gasteiger partial charge in [-0.05, 0) is 22.0 Å². The van der Waals surface area contributed by atoms with Crippen molar-refractivity contribution in [2.45, 2.75) is 0 Å². The highest BCUT2D eigenvalue weighted by Crippen LogP contribution is 2.09. The number of amides is 1. The minimum absolute atomic E-state index is 0.127. The third-order valence-electron chi connectivity index (χ3n) is 1.58. The predicted molar refractivity (Wildman–Crippen MR) is 59.0 cm³/mol. The molecule has 0 radical (unpaired) electrons. The van der Waals surface area contributed by atoms with E-state index < -0.39 is 0 Å². The Morgan fingerprint density at radius 1 is 1.64 bits per heavy atom. The van der Waals surface area contributed by atoms with Crippen molar-refractivity contribution >= 4 is 21.8 Å². The minimum atomic E-state index is -0.127. The van der Waals surface area contributed by atoms with E-state index in [1.165, 1.54) is 0 Å². The Morgan fingerprint density at radius 3 is 3.00 bits per heavy atom. The van der Waals surface area contributed by atoms with Gasteiger partial charge >= 0.3 is 0 Å². The van der Waals surface area contributed by atoms with E-state index in [1.54, 1.807) is 18.3 Å². The summed E-state index contributed by atoms with van der Waals surface area (Å²) in [4.78, 5) is 14.2. The summed E-state index contributed by atoms with van der Waals surface area (Å²) < 4.78 is 0.861. The molecule has 0 saturated heterocycles. The second kappa shape index (κ2) is 5.62. The molecule has 0 aromatic carbocycles. The summed E-state index contributed by atoms with van der Waals surface area (Å²) in [7, 11) is 0. The van der Waals surface area contributed by atoms with Crippen molar-refractivity contribution < 1.29 is 4.79 Å². The van der Waals surface area contributed by atoms with Crippen LogP contribution in [0.5, 0.6) is 0 Å². The number of nitrogens with one attached hydrogen (secondary N) is 2. The van der Waals surface area contributed by atoms with Crippen LogP contribution in [-0.4, -0.2) is 24.0 Å². The van der Waals surface area contributed by atoms with Gasteiger partial charge in [0.05, 0.1) is 0 Å². The van der Waals surface area contributed by atoms with Gasteiger partial charge in [0.1, 0.15) is 5.69 Å². The molecule has 0 aliphatic rings. The fourth-order valence-electron chi connectivity index (χ4n) is 0.925. The topological polar surface area (TPSA) is 70.9 Å². The average molecular weight is 258 g/mol. The number of rotatable bonds is 4. The van der Waals surface area contributed by atoms with Gasteiger partial charge in [-0.25, -0.2) is 0 Å². The van der Waals surface area contributed by atoms with E-state index in [9.17, 15) is 4.79 Å². The zero-order valence-electron chi connectivity index (χ0n) is 7.59. The summed E-state index contributed by atoms with van der Waals surface area (Å²) in [5.41, 5.74) is 5.79. The Balaban J connectivity index is 2.39. The van der Waals surface area contributed by atoms with Gasteiger partial charge in [-0.15, -0.1) is 0 Å². The van der Waals surface area contributed by atoms with E-state index >= 15 is 0 Å². The fraction of sp³-hybridized carbons (Fsp3) is 0.222. The molecule has 1 amide bonds. The Hall–Kier alpha value is -1.07. The standard InChI is InChI=1S/C9H12BrN3O/c10-7-5-8(13-6-7)9(14)12-4-2-1-3-11/h1-2,5-6,13H,3-4,11H2,(H,12,14)/b2-1+. The lowest BCUT2D eigenvalue weighted by Gasteiger charge is -1.98. The van der Waals surface area contributed by atoms with Crippen molar-refractivity contribution in [2.24, 2.45) is 5.73 Å². The van der Waals surface area contributed by atoms with Crippen molar-refractivity contribution in [3.63, 3.8) is 0 Å². The average Bonchev–Trinajstić information content (AvgIpc) is 2.59. The number of aromatic nitrogens is 1. The number of nitrogens with two attached hydrogens (primary N) is 1. The van der Waals surface area contributed by atoms with Crippen LogP contribution in [-0.2, 0) is 0 Å². The Morgan fingerprint density at radius 2 is 2.43 bits per heavy atom. The van der Waals surface area contributed by atoms with Gasteiger partial charge in [-0.3, -0.25) is 4.79 Å². The SMILES string of the molecule is NC/C=C/CNC(=O)c1cc(Br)c[nH]1. The minimum Gasteiger partial charge on any atom is -0.356 e. The van der Waals surface area contributed by atoms with Gasteiger partial charge in [-0.1, -0.05) is 12.2 Å². The fourth-order valence-corrected chi connectivity index (χ4v) is 1.27. The van der Waals surface area contributed by atoms with Crippen LogP contribution in [0.3, 0.4) is 0 Å². The molecule has 1 aromatic rings. The molecule has 0 aliphatic carbocycles. The lowest BCUT2D eigenvalue weighted by atomic mass is 10.4. The molecular weight excluding hydrogens is 246 g/mol. The molecule has 0 saturated carbocycles. The van der Waals surface area contributed by atoms with E-state index in [2.05, 4.69) is 26.2 Å². The van der Waals surface area contributed by atoms with Crippen molar-refractivity contribution in [3.05, 3.63) is 34.6 Å². The molecule has 0 aliphatic heterocycles. The van der Waals surface area contributed by atoms with Crippen LogP contribution in [0.2, 0.25) is 0 Å². The number of hydrogen-bond donors (Lipinski definition) is 3. The molecule has 0 spiro atoms.